The molecule has 1 aliphatic heterocycles. The number of rotatable bonds is 6. The van der Waals surface area contributed by atoms with Crippen molar-refractivity contribution in [1.82, 2.24) is 19.7 Å². The first kappa shape index (κ1) is 16.1. The zero-order chi connectivity index (χ0) is 17.1. The fourth-order valence-corrected chi connectivity index (χ4v) is 3.49. The summed E-state index contributed by atoms with van der Waals surface area (Å²) in [5.74, 6) is 0.976. The van der Waals surface area contributed by atoms with Gasteiger partial charge in [0.1, 0.15) is 5.82 Å². The summed E-state index contributed by atoms with van der Waals surface area (Å²) < 4.78 is 1.94. The van der Waals surface area contributed by atoms with E-state index in [0.29, 0.717) is 11.6 Å². The summed E-state index contributed by atoms with van der Waals surface area (Å²) in [4.78, 5) is 19.4. The average Bonchev–Trinajstić information content (AvgIpc) is 3.31. The lowest BCUT2D eigenvalue weighted by atomic mass is 9.98. The summed E-state index contributed by atoms with van der Waals surface area (Å²) >= 11 is 0. The minimum absolute atomic E-state index is 0.107. The van der Waals surface area contributed by atoms with Crippen molar-refractivity contribution in [2.75, 3.05) is 11.9 Å². The van der Waals surface area contributed by atoms with Crippen molar-refractivity contribution < 1.29 is 4.79 Å². The van der Waals surface area contributed by atoms with E-state index >= 15 is 0 Å². The highest BCUT2D eigenvalue weighted by Gasteiger charge is 2.27. The summed E-state index contributed by atoms with van der Waals surface area (Å²) in [5, 5.41) is 7.62. The number of aromatic nitrogens is 3. The number of carbonyl (C=O) groups is 1. The van der Waals surface area contributed by atoms with Gasteiger partial charge in [0, 0.05) is 43.8 Å². The van der Waals surface area contributed by atoms with Gasteiger partial charge in [-0.2, -0.15) is 5.10 Å². The normalized spacial score (nSPS) is 20.5. The quantitative estimate of drug-likeness (QED) is 0.879. The maximum atomic E-state index is 13.0. The molecule has 132 valence electrons. The van der Waals surface area contributed by atoms with Gasteiger partial charge >= 0.3 is 0 Å². The van der Waals surface area contributed by atoms with Gasteiger partial charge in [0.25, 0.3) is 5.91 Å². The van der Waals surface area contributed by atoms with Crippen molar-refractivity contribution in [3.8, 4) is 0 Å². The molecule has 1 aliphatic carbocycles. The molecule has 0 radical (unpaired) electrons. The Morgan fingerprint density at radius 3 is 2.88 bits per heavy atom. The highest BCUT2D eigenvalue weighted by molar-refractivity contribution is 5.94. The molecule has 2 aromatic heterocycles. The first-order chi connectivity index (χ1) is 12.3. The molecular formula is C19H25N5O. The molecule has 2 aromatic rings. The number of nitrogens with zero attached hydrogens (tertiary/aromatic N) is 4. The lowest BCUT2D eigenvalue weighted by molar-refractivity contribution is 0.0593. The Morgan fingerprint density at radius 2 is 2.16 bits per heavy atom. The summed E-state index contributed by atoms with van der Waals surface area (Å²) in [6.45, 7) is 1.69. The third-order valence-corrected chi connectivity index (χ3v) is 5.08. The van der Waals surface area contributed by atoms with Crippen molar-refractivity contribution in [2.45, 2.75) is 57.2 Å². The second kappa shape index (κ2) is 7.25. The number of hydrogen-bond acceptors (Lipinski definition) is 4. The van der Waals surface area contributed by atoms with E-state index in [9.17, 15) is 4.79 Å². The highest BCUT2D eigenvalue weighted by Crippen LogP contribution is 2.25. The molecule has 1 unspecified atom stereocenters. The topological polar surface area (TPSA) is 63.1 Å². The number of anilines is 1. The smallest absolute Gasteiger partial charge is 0.255 e. The molecule has 6 heteroatoms. The largest absolute Gasteiger partial charge is 0.367 e. The SMILES string of the molecule is O=C(c1ccc(NC2CC2)nc1)N1CCCCC1CCn1cccn1. The van der Waals surface area contributed by atoms with Crippen molar-refractivity contribution in [1.29, 1.82) is 0 Å². The molecule has 0 spiro atoms. The zero-order valence-corrected chi connectivity index (χ0v) is 14.5. The molecule has 1 atom stereocenters. The van der Waals surface area contributed by atoms with Crippen LogP contribution in [0.4, 0.5) is 5.82 Å². The Labute approximate surface area is 148 Å². The third kappa shape index (κ3) is 4.00. The van der Waals surface area contributed by atoms with Crippen LogP contribution < -0.4 is 5.32 Å². The maximum Gasteiger partial charge on any atom is 0.255 e. The van der Waals surface area contributed by atoms with Crippen LogP contribution in [0.1, 0.15) is 48.9 Å². The van der Waals surface area contributed by atoms with Crippen LogP contribution in [0.3, 0.4) is 0 Å². The number of amides is 1. The molecule has 1 amide bonds. The molecule has 0 bridgehead atoms. The fourth-order valence-electron chi connectivity index (χ4n) is 3.49. The lowest BCUT2D eigenvalue weighted by Gasteiger charge is -2.36. The van der Waals surface area contributed by atoms with Gasteiger partial charge in [-0.15, -0.1) is 0 Å². The van der Waals surface area contributed by atoms with Crippen molar-refractivity contribution in [3.05, 3.63) is 42.4 Å². The highest BCUT2D eigenvalue weighted by atomic mass is 16.2. The monoisotopic (exact) mass is 339 g/mol. The van der Waals surface area contributed by atoms with Crippen LogP contribution in [0.5, 0.6) is 0 Å². The molecular weight excluding hydrogens is 314 g/mol. The first-order valence-corrected chi connectivity index (χ1v) is 9.30. The molecule has 1 N–H and O–H groups in total. The number of hydrogen-bond donors (Lipinski definition) is 1. The van der Waals surface area contributed by atoms with E-state index in [4.69, 9.17) is 0 Å². The van der Waals surface area contributed by atoms with Gasteiger partial charge in [-0.25, -0.2) is 4.98 Å². The molecule has 3 heterocycles. The predicted octanol–water partition coefficient (Wildman–Crippen LogP) is 2.94. The molecule has 1 saturated heterocycles. The number of likely N-dealkylation sites (tertiary alicyclic amines) is 1. The third-order valence-electron chi connectivity index (χ3n) is 5.08. The van der Waals surface area contributed by atoms with Crippen LogP contribution in [0, 0.1) is 0 Å². The van der Waals surface area contributed by atoms with Crippen molar-refractivity contribution in [2.24, 2.45) is 0 Å². The first-order valence-electron chi connectivity index (χ1n) is 9.30. The van der Waals surface area contributed by atoms with E-state index in [2.05, 4.69) is 15.4 Å². The standard InChI is InChI=1S/C19H25N5O/c25-19(15-5-8-18(20-14-15)22-16-6-7-16)24-12-2-1-4-17(24)9-13-23-11-3-10-21-23/h3,5,8,10-11,14,16-17H,1-2,4,6-7,9,12-13H2,(H,20,22). The number of piperidine rings is 1. The number of carbonyl (C=O) groups excluding carboxylic acids is 1. The van der Waals surface area contributed by atoms with Crippen LogP contribution in [-0.4, -0.2) is 44.2 Å². The van der Waals surface area contributed by atoms with Gasteiger partial charge in [0.15, 0.2) is 0 Å². The van der Waals surface area contributed by atoms with Crippen LogP contribution in [-0.2, 0) is 6.54 Å². The van der Waals surface area contributed by atoms with Gasteiger partial charge < -0.3 is 10.2 Å². The molecule has 2 fully saturated rings. The minimum Gasteiger partial charge on any atom is -0.367 e. The summed E-state index contributed by atoms with van der Waals surface area (Å²) in [6.07, 6.45) is 12.2. The van der Waals surface area contributed by atoms with Gasteiger partial charge in [-0.1, -0.05) is 0 Å². The Morgan fingerprint density at radius 1 is 1.24 bits per heavy atom. The molecule has 2 aliphatic rings. The van der Waals surface area contributed by atoms with Crippen molar-refractivity contribution in [3.63, 3.8) is 0 Å². The summed E-state index contributed by atoms with van der Waals surface area (Å²) in [7, 11) is 0. The predicted molar refractivity (Wildman–Crippen MR) is 96.4 cm³/mol. The summed E-state index contributed by atoms with van der Waals surface area (Å²) in [6, 6.07) is 6.62. The van der Waals surface area contributed by atoms with E-state index < -0.39 is 0 Å². The number of nitrogens with one attached hydrogen (secondary N) is 1. The Bertz CT molecular complexity index is 693. The van der Waals surface area contributed by atoms with Crippen LogP contribution in [0.15, 0.2) is 36.8 Å². The fraction of sp³-hybridized carbons (Fsp3) is 0.526. The average molecular weight is 339 g/mol. The number of pyridine rings is 1. The Hall–Kier alpha value is -2.37. The van der Waals surface area contributed by atoms with Crippen LogP contribution in [0.2, 0.25) is 0 Å². The van der Waals surface area contributed by atoms with Gasteiger partial charge in [-0.3, -0.25) is 9.48 Å². The van der Waals surface area contributed by atoms with E-state index in [1.54, 1.807) is 12.4 Å². The van der Waals surface area contributed by atoms with Crippen molar-refractivity contribution >= 4 is 11.7 Å². The minimum atomic E-state index is 0.107. The van der Waals surface area contributed by atoms with Crippen LogP contribution in [0.25, 0.3) is 0 Å². The molecule has 4 rings (SSSR count). The second-order valence-electron chi connectivity index (χ2n) is 7.06. The molecule has 0 aromatic carbocycles. The van der Waals surface area contributed by atoms with Gasteiger partial charge in [0.05, 0.1) is 5.56 Å². The zero-order valence-electron chi connectivity index (χ0n) is 14.5. The van der Waals surface area contributed by atoms with E-state index in [0.717, 1.165) is 38.2 Å². The van der Waals surface area contributed by atoms with Gasteiger partial charge in [0.2, 0.25) is 0 Å². The Balaban J connectivity index is 1.40. The number of aryl methyl sites for hydroxylation is 1. The van der Waals surface area contributed by atoms with E-state index in [-0.39, 0.29) is 11.9 Å². The molecule has 1 saturated carbocycles. The summed E-state index contributed by atoms with van der Waals surface area (Å²) in [5.41, 5.74) is 0.687. The van der Waals surface area contributed by atoms with Crippen LogP contribution >= 0.6 is 0 Å². The second-order valence-corrected chi connectivity index (χ2v) is 7.06. The maximum absolute atomic E-state index is 13.0. The Kier molecular flexibility index (Phi) is 4.68. The van der Waals surface area contributed by atoms with Gasteiger partial charge in [-0.05, 0) is 56.7 Å². The molecule has 25 heavy (non-hydrogen) atoms. The molecule has 6 nitrogen and oxygen atoms in total. The lowest BCUT2D eigenvalue weighted by Crippen LogP contribution is -2.44. The van der Waals surface area contributed by atoms with E-state index in [1.807, 2.05) is 34.0 Å². The van der Waals surface area contributed by atoms with E-state index in [1.165, 1.54) is 19.3 Å².